The number of benzene rings is 2. The lowest BCUT2D eigenvalue weighted by molar-refractivity contribution is -0.0507. The average molecular weight is 430 g/mol. The predicted octanol–water partition coefficient (Wildman–Crippen LogP) is 5.08. The van der Waals surface area contributed by atoms with Crippen molar-refractivity contribution in [1.82, 2.24) is 9.55 Å². The van der Waals surface area contributed by atoms with E-state index in [4.69, 9.17) is 16.3 Å². The van der Waals surface area contributed by atoms with E-state index in [9.17, 15) is 13.9 Å². The summed E-state index contributed by atoms with van der Waals surface area (Å²) < 4.78 is 32.8. The van der Waals surface area contributed by atoms with Gasteiger partial charge in [-0.25, -0.2) is 4.98 Å². The van der Waals surface area contributed by atoms with Crippen LogP contribution in [0.15, 0.2) is 40.9 Å². The van der Waals surface area contributed by atoms with E-state index in [1.54, 1.807) is 30.3 Å². The molecule has 3 aromatic rings. The molecule has 0 spiro atoms. The lowest BCUT2D eigenvalue weighted by Gasteiger charge is -2.20. The summed E-state index contributed by atoms with van der Waals surface area (Å²) in [6.45, 7) is -2.94. The summed E-state index contributed by atoms with van der Waals surface area (Å²) in [5, 5.41) is 11.0. The molecule has 0 amide bonds. The van der Waals surface area contributed by atoms with Crippen molar-refractivity contribution >= 4 is 38.6 Å². The van der Waals surface area contributed by atoms with E-state index < -0.39 is 18.8 Å². The number of aliphatic hydroxyl groups excluding tert-OH is 1. The Bertz CT molecular complexity index is 963. The number of aromatic nitrogens is 2. The monoisotopic (exact) mass is 428 g/mol. The topological polar surface area (TPSA) is 47.3 Å². The molecule has 1 aromatic heterocycles. The van der Waals surface area contributed by atoms with Gasteiger partial charge in [-0.1, -0.05) is 33.6 Å². The smallest absolute Gasteiger partial charge is 0.387 e. The Labute approximate surface area is 155 Å². The zero-order valence-electron chi connectivity index (χ0n) is 12.7. The zero-order valence-corrected chi connectivity index (χ0v) is 15.0. The molecule has 1 aliphatic rings. The molecule has 0 unspecified atom stereocenters. The first-order valence-electron chi connectivity index (χ1n) is 7.54. The van der Waals surface area contributed by atoms with Gasteiger partial charge >= 0.3 is 6.61 Å². The minimum absolute atomic E-state index is 0.0679. The lowest BCUT2D eigenvalue weighted by Crippen LogP contribution is -2.11. The minimum atomic E-state index is -2.94. The maximum absolute atomic E-state index is 12.8. The fourth-order valence-corrected chi connectivity index (χ4v) is 4.13. The van der Waals surface area contributed by atoms with E-state index in [1.165, 1.54) is 6.07 Å². The number of hydrogen-bond acceptors (Lipinski definition) is 3. The Morgan fingerprint density at radius 3 is 2.88 bits per heavy atom. The highest BCUT2D eigenvalue weighted by atomic mass is 79.9. The summed E-state index contributed by atoms with van der Waals surface area (Å²) in [5.41, 5.74) is 1.97. The van der Waals surface area contributed by atoms with Gasteiger partial charge in [0.15, 0.2) is 0 Å². The van der Waals surface area contributed by atoms with Crippen LogP contribution in [0.2, 0.25) is 5.02 Å². The molecular formula is C17H12BrClF2N2O2. The molecule has 1 aliphatic heterocycles. The summed E-state index contributed by atoms with van der Waals surface area (Å²) in [7, 11) is 0. The van der Waals surface area contributed by atoms with Gasteiger partial charge in [-0.15, -0.1) is 0 Å². The summed E-state index contributed by atoms with van der Waals surface area (Å²) in [6, 6.07) is 9.70. The molecule has 0 bridgehead atoms. The highest BCUT2D eigenvalue weighted by Crippen LogP contribution is 2.46. The molecule has 130 valence electrons. The second-order valence-corrected chi connectivity index (χ2v) is 7.06. The van der Waals surface area contributed by atoms with Crippen molar-refractivity contribution < 1.29 is 18.6 Å². The molecule has 0 fully saturated rings. The van der Waals surface area contributed by atoms with Gasteiger partial charge in [0, 0.05) is 21.5 Å². The fourth-order valence-electron chi connectivity index (χ4n) is 3.36. The summed E-state index contributed by atoms with van der Waals surface area (Å²) in [4.78, 5) is 4.46. The third kappa shape index (κ3) is 2.80. The van der Waals surface area contributed by atoms with Gasteiger partial charge in [-0.05, 0) is 30.3 Å². The maximum Gasteiger partial charge on any atom is 0.387 e. The van der Waals surface area contributed by atoms with E-state index in [0.29, 0.717) is 32.8 Å². The molecule has 4 nitrogen and oxygen atoms in total. The van der Waals surface area contributed by atoms with Crippen LogP contribution >= 0.6 is 27.5 Å². The quantitative estimate of drug-likeness (QED) is 0.631. The van der Waals surface area contributed by atoms with E-state index in [0.717, 1.165) is 5.52 Å². The molecule has 1 N–H and O–H groups in total. The van der Waals surface area contributed by atoms with Gasteiger partial charge in [0.05, 0.1) is 17.1 Å². The van der Waals surface area contributed by atoms with Crippen LogP contribution in [0.1, 0.15) is 30.0 Å². The van der Waals surface area contributed by atoms with Crippen LogP contribution in [0.3, 0.4) is 0 Å². The van der Waals surface area contributed by atoms with Crippen LogP contribution in [0.4, 0.5) is 8.78 Å². The normalized spacial score (nSPS) is 19.6. The SMILES string of the molecule is O[C@@H]1C[C@H](c2c(Br)cccc2OC(F)F)n2c1nc1ccc(Cl)cc12. The first kappa shape index (κ1) is 16.8. The van der Waals surface area contributed by atoms with E-state index in [2.05, 4.69) is 20.9 Å². The Balaban J connectivity index is 1.93. The van der Waals surface area contributed by atoms with Gasteiger partial charge in [-0.2, -0.15) is 8.78 Å². The Hall–Kier alpha value is -1.70. The number of halogens is 4. The van der Waals surface area contributed by atoms with E-state index >= 15 is 0 Å². The van der Waals surface area contributed by atoms with Gasteiger partial charge in [0.2, 0.25) is 0 Å². The summed E-state index contributed by atoms with van der Waals surface area (Å²) in [6.07, 6.45) is -0.491. The maximum atomic E-state index is 12.8. The molecule has 2 heterocycles. The van der Waals surface area contributed by atoms with Gasteiger partial charge in [0.25, 0.3) is 0 Å². The van der Waals surface area contributed by atoms with Crippen molar-refractivity contribution in [1.29, 1.82) is 0 Å². The molecule has 0 aliphatic carbocycles. The van der Waals surface area contributed by atoms with Crippen molar-refractivity contribution in [3.8, 4) is 5.75 Å². The second-order valence-electron chi connectivity index (χ2n) is 5.77. The first-order chi connectivity index (χ1) is 12.0. The third-order valence-corrected chi connectivity index (χ3v) is 5.22. The number of nitrogens with zero attached hydrogens (tertiary/aromatic N) is 2. The third-order valence-electron chi connectivity index (χ3n) is 4.30. The molecule has 4 rings (SSSR count). The molecule has 0 saturated heterocycles. The van der Waals surface area contributed by atoms with Crippen molar-refractivity contribution in [3.05, 3.63) is 57.3 Å². The Kier molecular flexibility index (Phi) is 4.17. The van der Waals surface area contributed by atoms with E-state index in [1.807, 2.05) is 4.57 Å². The number of fused-ring (bicyclic) bond motifs is 3. The predicted molar refractivity (Wildman–Crippen MR) is 93.2 cm³/mol. The van der Waals surface area contributed by atoms with Crippen molar-refractivity contribution in [2.45, 2.75) is 25.2 Å². The number of ether oxygens (including phenoxy) is 1. The van der Waals surface area contributed by atoms with Gasteiger partial charge < -0.3 is 14.4 Å². The van der Waals surface area contributed by atoms with Crippen LogP contribution in [0.5, 0.6) is 5.75 Å². The molecule has 0 radical (unpaired) electrons. The highest BCUT2D eigenvalue weighted by molar-refractivity contribution is 9.10. The zero-order chi connectivity index (χ0) is 17.7. The van der Waals surface area contributed by atoms with Crippen LogP contribution in [-0.2, 0) is 0 Å². The highest BCUT2D eigenvalue weighted by Gasteiger charge is 2.36. The number of imidazole rings is 1. The fraction of sp³-hybridized carbons (Fsp3) is 0.235. The second kappa shape index (κ2) is 6.23. The van der Waals surface area contributed by atoms with Crippen molar-refractivity contribution in [2.24, 2.45) is 0 Å². The number of alkyl halides is 2. The van der Waals surface area contributed by atoms with Crippen molar-refractivity contribution in [3.63, 3.8) is 0 Å². The average Bonchev–Trinajstić information content (AvgIpc) is 3.05. The van der Waals surface area contributed by atoms with Crippen LogP contribution < -0.4 is 4.74 Å². The first-order valence-corrected chi connectivity index (χ1v) is 8.71. The lowest BCUT2D eigenvalue weighted by atomic mass is 10.0. The van der Waals surface area contributed by atoms with Gasteiger partial charge in [0.1, 0.15) is 17.7 Å². The molecule has 2 aromatic carbocycles. The largest absolute Gasteiger partial charge is 0.434 e. The van der Waals surface area contributed by atoms with Crippen molar-refractivity contribution in [2.75, 3.05) is 0 Å². The van der Waals surface area contributed by atoms with Crippen LogP contribution in [0, 0.1) is 0 Å². The summed E-state index contributed by atoms with van der Waals surface area (Å²) >= 11 is 9.52. The minimum Gasteiger partial charge on any atom is -0.434 e. The summed E-state index contributed by atoms with van der Waals surface area (Å²) in [5.74, 6) is 0.555. The number of rotatable bonds is 3. The van der Waals surface area contributed by atoms with Crippen LogP contribution in [0.25, 0.3) is 11.0 Å². The Morgan fingerprint density at radius 1 is 1.32 bits per heavy atom. The molecule has 25 heavy (non-hydrogen) atoms. The molecule has 0 saturated carbocycles. The standard InChI is InChI=1S/C17H12BrClF2N2O2/c18-9-2-1-3-14(25-17(20)21)15(9)12-7-13(24)16-22-10-5-4-8(19)6-11(10)23(12)16/h1-6,12-13,17,24H,7H2/t12-,13-/m1/s1. The number of aliphatic hydroxyl groups is 1. The van der Waals surface area contributed by atoms with Gasteiger partial charge in [-0.3, -0.25) is 0 Å². The van der Waals surface area contributed by atoms with E-state index in [-0.39, 0.29) is 5.75 Å². The number of hydrogen-bond donors (Lipinski definition) is 1. The molecular weight excluding hydrogens is 418 g/mol. The molecule has 2 atom stereocenters. The Morgan fingerprint density at radius 2 is 2.12 bits per heavy atom. The van der Waals surface area contributed by atoms with Crippen LogP contribution in [-0.4, -0.2) is 21.3 Å². The molecule has 8 heteroatoms.